The lowest BCUT2D eigenvalue weighted by Gasteiger charge is -2.13. The second-order valence-corrected chi connectivity index (χ2v) is 8.81. The highest BCUT2D eigenvalue weighted by molar-refractivity contribution is 6.32. The zero-order valence-corrected chi connectivity index (χ0v) is 20.4. The molecule has 2 aromatic heterocycles. The Morgan fingerprint density at radius 1 is 1.09 bits per heavy atom. The van der Waals surface area contributed by atoms with Gasteiger partial charge in [0.2, 0.25) is 0 Å². The number of amides is 1. The summed E-state index contributed by atoms with van der Waals surface area (Å²) in [6.07, 6.45) is 5.28. The van der Waals surface area contributed by atoms with Crippen LogP contribution in [0.2, 0.25) is 5.02 Å². The average molecular weight is 480 g/mol. The zero-order valence-electron chi connectivity index (χ0n) is 19.6. The van der Waals surface area contributed by atoms with E-state index < -0.39 is 0 Å². The molecule has 0 aliphatic rings. The molecule has 2 aromatic carbocycles. The van der Waals surface area contributed by atoms with Gasteiger partial charge < -0.3 is 19.0 Å². The number of halogens is 1. The Hall–Kier alpha value is -3.25. The van der Waals surface area contributed by atoms with Gasteiger partial charge >= 0.3 is 0 Å². The summed E-state index contributed by atoms with van der Waals surface area (Å²) in [6.45, 7) is 5.88. The Morgan fingerprint density at radius 2 is 1.88 bits per heavy atom. The fraction of sp³-hybridized carbons (Fsp3) is 0.333. The van der Waals surface area contributed by atoms with E-state index in [1.54, 1.807) is 12.1 Å². The number of aryl methyl sites for hydroxylation is 3. The number of para-hydroxylation sites is 2. The van der Waals surface area contributed by atoms with E-state index in [2.05, 4.69) is 16.0 Å². The van der Waals surface area contributed by atoms with Gasteiger partial charge in [0, 0.05) is 18.0 Å². The second-order valence-electron chi connectivity index (χ2n) is 8.43. The molecule has 4 aromatic rings. The smallest absolute Gasteiger partial charge is 0.286 e. The van der Waals surface area contributed by atoms with E-state index in [1.807, 2.05) is 44.2 Å². The SMILES string of the molecule is Cc1cc(OCCn2c(CCCCCNC(=O)c3ccco3)nc3ccccc32)cc(C)c1Cl. The number of fused-ring (bicyclic) bond motifs is 1. The highest BCUT2D eigenvalue weighted by Gasteiger charge is 2.11. The number of hydrogen-bond donors (Lipinski definition) is 1. The van der Waals surface area contributed by atoms with Gasteiger partial charge in [0.05, 0.1) is 23.8 Å². The maximum Gasteiger partial charge on any atom is 0.286 e. The molecule has 0 radical (unpaired) electrons. The van der Waals surface area contributed by atoms with Crippen molar-refractivity contribution >= 4 is 28.5 Å². The van der Waals surface area contributed by atoms with Gasteiger partial charge in [-0.2, -0.15) is 0 Å². The molecule has 0 atom stereocenters. The third kappa shape index (κ3) is 5.81. The van der Waals surface area contributed by atoms with Crippen molar-refractivity contribution in [3.8, 4) is 5.75 Å². The minimum absolute atomic E-state index is 0.169. The fourth-order valence-electron chi connectivity index (χ4n) is 4.09. The summed E-state index contributed by atoms with van der Waals surface area (Å²) in [4.78, 5) is 16.8. The third-order valence-electron chi connectivity index (χ3n) is 5.83. The molecule has 0 unspecified atom stereocenters. The number of hydrogen-bond acceptors (Lipinski definition) is 4. The van der Waals surface area contributed by atoms with Gasteiger partial charge in [0.1, 0.15) is 18.2 Å². The first kappa shape index (κ1) is 23.9. The Labute approximate surface area is 204 Å². The number of carbonyl (C=O) groups excluding carboxylic acids is 1. The van der Waals surface area contributed by atoms with Crippen LogP contribution in [0.4, 0.5) is 0 Å². The van der Waals surface area contributed by atoms with Crippen LogP contribution in [0.5, 0.6) is 5.75 Å². The average Bonchev–Trinajstić information content (AvgIpc) is 3.48. The maximum atomic E-state index is 11.9. The van der Waals surface area contributed by atoms with Gasteiger partial charge in [0.15, 0.2) is 5.76 Å². The van der Waals surface area contributed by atoms with Gasteiger partial charge in [-0.15, -0.1) is 0 Å². The molecule has 6 nitrogen and oxygen atoms in total. The monoisotopic (exact) mass is 479 g/mol. The van der Waals surface area contributed by atoms with Crippen LogP contribution in [0.25, 0.3) is 11.0 Å². The van der Waals surface area contributed by atoms with E-state index in [9.17, 15) is 4.79 Å². The summed E-state index contributed by atoms with van der Waals surface area (Å²) in [5, 5.41) is 3.68. The summed E-state index contributed by atoms with van der Waals surface area (Å²) >= 11 is 6.28. The molecular weight excluding hydrogens is 450 g/mol. The summed E-state index contributed by atoms with van der Waals surface area (Å²) < 4.78 is 13.4. The number of rotatable bonds is 11. The first-order valence-electron chi connectivity index (χ1n) is 11.7. The molecule has 0 aliphatic heterocycles. The molecule has 0 bridgehead atoms. The Balaban J connectivity index is 1.30. The fourth-order valence-corrected chi connectivity index (χ4v) is 4.20. The first-order chi connectivity index (χ1) is 16.5. The van der Waals surface area contributed by atoms with E-state index in [0.717, 1.165) is 71.0 Å². The Morgan fingerprint density at radius 3 is 2.65 bits per heavy atom. The topological polar surface area (TPSA) is 69.3 Å². The number of nitrogens with zero attached hydrogens (tertiary/aromatic N) is 2. The van der Waals surface area contributed by atoms with Crippen molar-refractivity contribution in [3.63, 3.8) is 0 Å². The molecule has 0 fully saturated rings. The van der Waals surface area contributed by atoms with E-state index in [4.69, 9.17) is 25.7 Å². The molecule has 4 rings (SSSR count). The third-order valence-corrected chi connectivity index (χ3v) is 6.43. The summed E-state index contributed by atoms with van der Waals surface area (Å²) in [5.41, 5.74) is 4.16. The van der Waals surface area contributed by atoms with Crippen LogP contribution >= 0.6 is 11.6 Å². The number of imidazole rings is 1. The van der Waals surface area contributed by atoms with Crippen LogP contribution in [0.15, 0.2) is 59.2 Å². The number of unbranched alkanes of at least 4 members (excludes halogenated alkanes) is 2. The zero-order chi connectivity index (χ0) is 23.9. The molecule has 0 spiro atoms. The number of furan rings is 1. The minimum atomic E-state index is -0.169. The molecule has 1 amide bonds. The van der Waals surface area contributed by atoms with Gasteiger partial charge in [0.25, 0.3) is 5.91 Å². The molecule has 34 heavy (non-hydrogen) atoms. The Kier molecular flexibility index (Phi) is 7.91. The van der Waals surface area contributed by atoms with Crippen LogP contribution in [0.3, 0.4) is 0 Å². The summed E-state index contributed by atoms with van der Waals surface area (Å²) in [6, 6.07) is 15.5. The predicted octanol–water partition coefficient (Wildman–Crippen LogP) is 6.12. The lowest BCUT2D eigenvalue weighted by molar-refractivity contribution is 0.0925. The van der Waals surface area contributed by atoms with Crippen LogP contribution < -0.4 is 10.1 Å². The minimum Gasteiger partial charge on any atom is -0.492 e. The lowest BCUT2D eigenvalue weighted by Crippen LogP contribution is -2.23. The molecular formula is C27H30ClN3O3. The van der Waals surface area contributed by atoms with Crippen LogP contribution in [-0.2, 0) is 13.0 Å². The number of ether oxygens (including phenoxy) is 1. The van der Waals surface area contributed by atoms with E-state index in [1.165, 1.54) is 6.26 Å². The summed E-state index contributed by atoms with van der Waals surface area (Å²) in [7, 11) is 0. The van der Waals surface area contributed by atoms with Crippen molar-refractivity contribution < 1.29 is 13.9 Å². The normalized spacial score (nSPS) is 11.1. The van der Waals surface area contributed by atoms with Gasteiger partial charge in [-0.25, -0.2) is 4.98 Å². The molecule has 0 saturated heterocycles. The standard InChI is InChI=1S/C27H30ClN3O3/c1-19-17-21(18-20(2)26(19)28)33-16-14-31-23-10-6-5-9-22(23)30-25(31)12-4-3-7-13-29-27(32)24-11-8-15-34-24/h5-6,8-11,15,17-18H,3-4,7,12-14,16H2,1-2H3,(H,29,32). The van der Waals surface area contributed by atoms with E-state index in [0.29, 0.717) is 18.9 Å². The summed E-state index contributed by atoms with van der Waals surface area (Å²) in [5.74, 6) is 2.08. The first-order valence-corrected chi connectivity index (χ1v) is 12.1. The second kappa shape index (κ2) is 11.3. The van der Waals surface area contributed by atoms with Crippen LogP contribution in [-0.4, -0.2) is 28.6 Å². The largest absolute Gasteiger partial charge is 0.492 e. The highest BCUT2D eigenvalue weighted by Crippen LogP contribution is 2.26. The highest BCUT2D eigenvalue weighted by atomic mass is 35.5. The van der Waals surface area contributed by atoms with Crippen molar-refractivity contribution in [1.82, 2.24) is 14.9 Å². The number of benzene rings is 2. The van der Waals surface area contributed by atoms with Gasteiger partial charge in [-0.3, -0.25) is 4.79 Å². The van der Waals surface area contributed by atoms with E-state index in [-0.39, 0.29) is 5.91 Å². The van der Waals surface area contributed by atoms with Crippen molar-refractivity contribution in [1.29, 1.82) is 0 Å². The lowest BCUT2D eigenvalue weighted by atomic mass is 10.1. The Bertz CT molecular complexity index is 1220. The molecule has 1 N–H and O–H groups in total. The molecule has 0 saturated carbocycles. The van der Waals surface area contributed by atoms with Crippen molar-refractivity contribution in [2.24, 2.45) is 0 Å². The quantitative estimate of drug-likeness (QED) is 0.263. The molecule has 2 heterocycles. The molecule has 178 valence electrons. The predicted molar refractivity (Wildman–Crippen MR) is 135 cm³/mol. The number of aromatic nitrogens is 2. The van der Waals surface area contributed by atoms with Crippen LogP contribution in [0, 0.1) is 13.8 Å². The van der Waals surface area contributed by atoms with Crippen molar-refractivity contribution in [2.75, 3.05) is 13.2 Å². The van der Waals surface area contributed by atoms with Gasteiger partial charge in [-0.05, 0) is 74.2 Å². The number of carbonyl (C=O) groups is 1. The van der Waals surface area contributed by atoms with Gasteiger partial charge in [-0.1, -0.05) is 30.2 Å². The van der Waals surface area contributed by atoms with Crippen molar-refractivity contribution in [2.45, 2.75) is 46.1 Å². The number of nitrogens with one attached hydrogen (secondary N) is 1. The van der Waals surface area contributed by atoms with Crippen molar-refractivity contribution in [3.05, 3.63) is 82.5 Å². The van der Waals surface area contributed by atoms with Crippen LogP contribution in [0.1, 0.15) is 46.8 Å². The van der Waals surface area contributed by atoms with E-state index >= 15 is 0 Å². The molecule has 0 aliphatic carbocycles. The molecule has 7 heteroatoms. The maximum absolute atomic E-state index is 11.9.